The van der Waals surface area contributed by atoms with Crippen LogP contribution in [-0.2, 0) is 18.9 Å². The van der Waals surface area contributed by atoms with Crippen molar-refractivity contribution >= 4 is 17.1 Å². The smallest absolute Gasteiger partial charge is 0.332 e. The highest BCUT2D eigenvalue weighted by atomic mass is 16.5. The number of hydrogen-bond donors (Lipinski definition) is 1. The maximum atomic E-state index is 12.2. The number of imidazole rings is 1. The molecule has 0 bridgehead atoms. The molecule has 0 radical (unpaired) electrons. The van der Waals surface area contributed by atoms with Crippen molar-refractivity contribution in [2.45, 2.75) is 31.8 Å². The molecule has 2 aromatic rings. The number of amides is 1. The Morgan fingerprint density at radius 3 is 2.44 bits per heavy atom. The summed E-state index contributed by atoms with van der Waals surface area (Å²) in [6.07, 6.45) is 3.42. The van der Waals surface area contributed by atoms with Crippen LogP contribution in [0.3, 0.4) is 0 Å². The molecule has 1 amide bonds. The quantitative estimate of drug-likeness (QED) is 0.824. The molecule has 2 aliphatic rings. The summed E-state index contributed by atoms with van der Waals surface area (Å²) in [5, 5.41) is 0. The number of hydrogen-bond acceptors (Lipinski definition) is 5. The first-order valence-corrected chi connectivity index (χ1v) is 8.57. The molecule has 4 rings (SSSR count). The van der Waals surface area contributed by atoms with Crippen molar-refractivity contribution in [3.05, 3.63) is 20.8 Å². The number of carbonyl (C=O) groups is 1. The number of nitrogens with one attached hydrogen (secondary N) is 1. The lowest BCUT2D eigenvalue weighted by atomic mass is 10.1. The van der Waals surface area contributed by atoms with Crippen LogP contribution in [0.1, 0.15) is 25.7 Å². The van der Waals surface area contributed by atoms with E-state index in [2.05, 4.69) is 9.97 Å². The van der Waals surface area contributed by atoms with Gasteiger partial charge < -0.3 is 14.6 Å². The summed E-state index contributed by atoms with van der Waals surface area (Å²) in [4.78, 5) is 45.2. The lowest BCUT2D eigenvalue weighted by Crippen LogP contribution is -2.42. The number of carbonyl (C=O) groups excluding carboxylic acids is 1. The maximum absolute atomic E-state index is 12.2. The van der Waals surface area contributed by atoms with Gasteiger partial charge in [0.1, 0.15) is 6.10 Å². The predicted octanol–water partition coefficient (Wildman–Crippen LogP) is -0.260. The molecular weight excluding hydrogens is 326 g/mol. The normalized spacial score (nSPS) is 18.7. The first-order valence-electron chi connectivity index (χ1n) is 8.57. The molecule has 1 N–H and O–H groups in total. The Balaban J connectivity index is 1.49. The molecule has 0 aromatic carbocycles. The number of piperidine rings is 1. The highest BCUT2D eigenvalue weighted by Crippen LogP contribution is 2.32. The van der Waals surface area contributed by atoms with E-state index in [4.69, 9.17) is 4.74 Å². The van der Waals surface area contributed by atoms with E-state index in [0.717, 1.165) is 30.3 Å². The van der Waals surface area contributed by atoms with Gasteiger partial charge in [0.05, 0.1) is 0 Å². The molecular formula is C16H21N5O4. The number of aromatic nitrogens is 4. The second-order valence-electron chi connectivity index (χ2n) is 6.86. The van der Waals surface area contributed by atoms with E-state index in [0.29, 0.717) is 13.1 Å². The minimum absolute atomic E-state index is 0.0651. The van der Waals surface area contributed by atoms with Gasteiger partial charge in [-0.05, 0) is 12.8 Å². The van der Waals surface area contributed by atoms with E-state index in [-0.39, 0.29) is 35.1 Å². The van der Waals surface area contributed by atoms with Crippen molar-refractivity contribution in [3.8, 4) is 6.01 Å². The van der Waals surface area contributed by atoms with Gasteiger partial charge in [0.15, 0.2) is 11.2 Å². The first kappa shape index (κ1) is 15.9. The van der Waals surface area contributed by atoms with Crippen molar-refractivity contribution in [1.82, 2.24) is 24.0 Å². The van der Waals surface area contributed by atoms with Crippen LogP contribution in [0, 0.1) is 5.92 Å². The maximum Gasteiger partial charge on any atom is 0.332 e. The Morgan fingerprint density at radius 2 is 1.80 bits per heavy atom. The summed E-state index contributed by atoms with van der Waals surface area (Å²) >= 11 is 0. The van der Waals surface area contributed by atoms with Crippen LogP contribution in [0.5, 0.6) is 6.01 Å². The van der Waals surface area contributed by atoms with E-state index in [1.807, 2.05) is 4.90 Å². The van der Waals surface area contributed by atoms with Crippen LogP contribution in [0.4, 0.5) is 0 Å². The monoisotopic (exact) mass is 347 g/mol. The average Bonchev–Trinajstić information content (AvgIpc) is 3.38. The predicted molar refractivity (Wildman–Crippen MR) is 89.5 cm³/mol. The number of fused-ring (bicyclic) bond motifs is 1. The average molecular weight is 347 g/mol. The van der Waals surface area contributed by atoms with Gasteiger partial charge >= 0.3 is 5.69 Å². The Morgan fingerprint density at radius 1 is 1.12 bits per heavy atom. The van der Waals surface area contributed by atoms with Gasteiger partial charge in [0, 0.05) is 45.9 Å². The molecule has 0 unspecified atom stereocenters. The number of likely N-dealkylation sites (tertiary alicyclic amines) is 1. The zero-order valence-electron chi connectivity index (χ0n) is 14.3. The molecule has 0 spiro atoms. The van der Waals surface area contributed by atoms with Crippen LogP contribution < -0.4 is 16.0 Å². The van der Waals surface area contributed by atoms with Crippen molar-refractivity contribution < 1.29 is 9.53 Å². The van der Waals surface area contributed by atoms with Gasteiger partial charge in [-0.25, -0.2) is 4.79 Å². The molecule has 0 atom stereocenters. The fourth-order valence-electron chi connectivity index (χ4n) is 3.30. The van der Waals surface area contributed by atoms with Crippen molar-refractivity contribution in [2.24, 2.45) is 20.0 Å². The molecule has 3 heterocycles. The van der Waals surface area contributed by atoms with E-state index < -0.39 is 11.2 Å². The third-order valence-corrected chi connectivity index (χ3v) is 5.03. The number of H-pyrrole nitrogens is 1. The minimum Gasteiger partial charge on any atom is -0.461 e. The standard InChI is InChI=1S/C16H21N5O4/c1-19-12-11(14(23)20(2)16(19)24)17-15(18-12)25-10-5-7-21(8-6-10)13(22)9-3-4-9/h9-10H,3-8H2,1-2H3,(H,17,18). The molecule has 25 heavy (non-hydrogen) atoms. The zero-order valence-corrected chi connectivity index (χ0v) is 14.3. The zero-order chi connectivity index (χ0) is 17.7. The molecule has 1 saturated heterocycles. The van der Waals surface area contributed by atoms with E-state index in [1.54, 1.807) is 7.05 Å². The van der Waals surface area contributed by atoms with Crippen LogP contribution in [-0.4, -0.2) is 49.1 Å². The molecule has 2 aromatic heterocycles. The second-order valence-corrected chi connectivity index (χ2v) is 6.86. The number of ether oxygens (including phenoxy) is 1. The summed E-state index contributed by atoms with van der Waals surface area (Å²) in [6.45, 7) is 1.36. The molecule has 1 aliphatic carbocycles. The Hall–Kier alpha value is -2.58. The fourth-order valence-corrected chi connectivity index (χ4v) is 3.30. The highest BCUT2D eigenvalue weighted by molar-refractivity contribution is 5.81. The largest absolute Gasteiger partial charge is 0.461 e. The third-order valence-electron chi connectivity index (χ3n) is 5.03. The first-order chi connectivity index (χ1) is 12.0. The number of rotatable bonds is 3. The molecule has 1 aliphatic heterocycles. The van der Waals surface area contributed by atoms with Gasteiger partial charge in [0.2, 0.25) is 5.91 Å². The van der Waals surface area contributed by atoms with Crippen LogP contribution in [0.25, 0.3) is 11.2 Å². The van der Waals surface area contributed by atoms with Gasteiger partial charge in [-0.1, -0.05) is 0 Å². The van der Waals surface area contributed by atoms with Crippen LogP contribution >= 0.6 is 0 Å². The summed E-state index contributed by atoms with van der Waals surface area (Å²) in [5.41, 5.74) is -0.321. The number of nitrogens with zero attached hydrogens (tertiary/aromatic N) is 4. The molecule has 9 nitrogen and oxygen atoms in total. The Kier molecular flexibility index (Phi) is 3.66. The molecule has 1 saturated carbocycles. The van der Waals surface area contributed by atoms with E-state index in [1.165, 1.54) is 11.6 Å². The highest BCUT2D eigenvalue weighted by Gasteiger charge is 2.35. The number of aryl methyl sites for hydroxylation is 1. The third kappa shape index (κ3) is 2.73. The summed E-state index contributed by atoms with van der Waals surface area (Å²) in [7, 11) is 2.99. The van der Waals surface area contributed by atoms with Crippen LogP contribution in [0.15, 0.2) is 9.59 Å². The van der Waals surface area contributed by atoms with Crippen molar-refractivity contribution in [2.75, 3.05) is 13.1 Å². The van der Waals surface area contributed by atoms with Crippen LogP contribution in [0.2, 0.25) is 0 Å². The van der Waals surface area contributed by atoms with Crippen molar-refractivity contribution in [1.29, 1.82) is 0 Å². The fraction of sp³-hybridized carbons (Fsp3) is 0.625. The topological polar surface area (TPSA) is 102 Å². The second kappa shape index (κ2) is 5.75. The number of aromatic amines is 1. The van der Waals surface area contributed by atoms with E-state index in [9.17, 15) is 14.4 Å². The molecule has 134 valence electrons. The Labute approximate surface area is 143 Å². The summed E-state index contributed by atoms with van der Waals surface area (Å²) in [5.74, 6) is 0.506. The minimum atomic E-state index is -0.428. The summed E-state index contributed by atoms with van der Waals surface area (Å²) in [6, 6.07) is 0.236. The van der Waals surface area contributed by atoms with Gasteiger partial charge in [-0.15, -0.1) is 0 Å². The lowest BCUT2D eigenvalue weighted by Gasteiger charge is -2.31. The lowest BCUT2D eigenvalue weighted by molar-refractivity contribution is -0.134. The summed E-state index contributed by atoms with van der Waals surface area (Å²) < 4.78 is 8.22. The van der Waals surface area contributed by atoms with Gasteiger partial charge in [-0.3, -0.25) is 18.7 Å². The molecule has 9 heteroatoms. The molecule has 2 fully saturated rings. The Bertz CT molecular complexity index is 944. The van der Waals surface area contributed by atoms with Gasteiger partial charge in [0.25, 0.3) is 11.6 Å². The SMILES string of the molecule is Cn1c(=O)c2[nH]c(OC3CCN(C(=O)C4CC4)CC3)nc2n(C)c1=O. The van der Waals surface area contributed by atoms with E-state index >= 15 is 0 Å². The van der Waals surface area contributed by atoms with Gasteiger partial charge in [-0.2, -0.15) is 4.98 Å². The van der Waals surface area contributed by atoms with Crippen molar-refractivity contribution in [3.63, 3.8) is 0 Å².